The lowest BCUT2D eigenvalue weighted by Gasteiger charge is -2.11. The third-order valence-corrected chi connectivity index (χ3v) is 1.08. The predicted molar refractivity (Wildman–Crippen MR) is 35.8 cm³/mol. The summed E-state index contributed by atoms with van der Waals surface area (Å²) in [6.45, 7) is 5.57. The summed E-state index contributed by atoms with van der Waals surface area (Å²) < 4.78 is 11.5. The van der Waals surface area contributed by atoms with Crippen molar-refractivity contribution < 1.29 is 5.93 Å². The van der Waals surface area contributed by atoms with Gasteiger partial charge in [-0.2, -0.15) is 0 Å². The molecule has 10 heavy (non-hydrogen) atoms. The van der Waals surface area contributed by atoms with Crippen molar-refractivity contribution in [1.82, 2.24) is 10.1 Å². The molecule has 0 aliphatic rings. The van der Waals surface area contributed by atoms with E-state index in [0.29, 0.717) is 10.8 Å². The number of rotatable bonds is 0. The minimum Gasteiger partial charge on any atom is -0.296 e. The molecule has 0 amide bonds. The van der Waals surface area contributed by atoms with Gasteiger partial charge in [0.25, 0.3) is 0 Å². The zero-order valence-electron chi connectivity index (χ0n) is 7.21. The first kappa shape index (κ1) is 5.70. The number of hydrogen-bond donors (Lipinski definition) is 1. The number of hydrogen-bond acceptors (Lipinski definition) is 3. The highest BCUT2D eigenvalue weighted by Crippen LogP contribution is 2.15. The Labute approximate surface area is 59.7 Å². The van der Waals surface area contributed by atoms with Crippen LogP contribution in [0.25, 0.3) is 0 Å². The zero-order valence-corrected chi connectivity index (χ0v) is 6.21. The highest BCUT2D eigenvalue weighted by atomic mass is 16.5. The Bertz CT molecular complexity index is 307. The van der Waals surface area contributed by atoms with Crippen LogP contribution < -0.4 is 5.76 Å². The van der Waals surface area contributed by atoms with Gasteiger partial charge < -0.3 is 0 Å². The predicted octanol–water partition coefficient (Wildman–Crippen LogP) is 0.660. The number of aromatic nitrogens is 2. The molecule has 0 aliphatic heterocycles. The molecule has 0 atom stereocenters. The lowest BCUT2D eigenvalue weighted by molar-refractivity contribution is 0.369. The van der Waals surface area contributed by atoms with Gasteiger partial charge in [-0.1, -0.05) is 25.9 Å². The molecule has 1 rings (SSSR count). The van der Waals surface area contributed by atoms with Gasteiger partial charge in [0.15, 0.2) is 7.24 Å². The van der Waals surface area contributed by atoms with Gasteiger partial charge in [-0.15, -0.1) is 0 Å². The maximum atomic E-state index is 10.6. The quantitative estimate of drug-likeness (QED) is 0.580. The summed E-state index contributed by atoms with van der Waals surface area (Å²) in [5, 5.41) is 3.47. The van der Waals surface area contributed by atoms with Crippen LogP contribution in [0.15, 0.2) is 9.32 Å². The summed E-state index contributed by atoms with van der Waals surface area (Å²) in [4.78, 5) is 11.3. The summed E-state index contributed by atoms with van der Waals surface area (Å²) in [7, 11) is 0. The van der Waals surface area contributed by atoms with Crippen LogP contribution in [-0.2, 0) is 5.41 Å². The molecule has 4 heteroatoms. The molecule has 0 spiro atoms. The van der Waals surface area contributed by atoms with Gasteiger partial charge in [-0.25, -0.2) is 4.79 Å². The van der Waals surface area contributed by atoms with E-state index >= 15 is 0 Å². The van der Waals surface area contributed by atoms with Crippen molar-refractivity contribution in [2.75, 3.05) is 0 Å². The van der Waals surface area contributed by atoms with Crippen molar-refractivity contribution in [3.63, 3.8) is 0 Å². The molecule has 0 saturated carbocycles. The van der Waals surface area contributed by atoms with E-state index in [9.17, 15) is 4.79 Å². The molecule has 1 aromatic heterocycles. The highest BCUT2D eigenvalue weighted by Gasteiger charge is 2.18. The van der Waals surface area contributed by atoms with Crippen LogP contribution in [0.5, 0.6) is 0 Å². The Morgan fingerprint density at radius 3 is 2.50 bits per heavy atom. The monoisotopic (exact) mass is 143 g/mol. The fraction of sp³-hybridized carbons (Fsp3) is 0.667. The SMILES string of the molecule is [2H]n1c(C(C)(C)C)noc1=O. The maximum Gasteiger partial charge on any atom is 0.438 e. The molecule has 0 aliphatic carbocycles. The Morgan fingerprint density at radius 1 is 1.70 bits per heavy atom. The van der Waals surface area contributed by atoms with Crippen molar-refractivity contribution in [3.8, 4) is 0 Å². The van der Waals surface area contributed by atoms with Gasteiger partial charge in [-0.3, -0.25) is 9.50 Å². The normalized spacial score (nSPS) is 13.3. The van der Waals surface area contributed by atoms with Crippen LogP contribution in [-0.4, -0.2) is 10.1 Å². The molecule has 0 radical (unpaired) electrons. The first-order valence-electron chi connectivity index (χ1n) is 3.46. The molecule has 56 valence electrons. The Morgan fingerprint density at radius 2 is 2.30 bits per heavy atom. The zero-order chi connectivity index (χ0) is 8.65. The Hall–Kier alpha value is -1.06. The maximum absolute atomic E-state index is 10.6. The minimum atomic E-state index is -0.741. The van der Waals surface area contributed by atoms with Crippen molar-refractivity contribution >= 4 is 0 Å². The first-order chi connectivity index (χ1) is 4.93. The van der Waals surface area contributed by atoms with E-state index in [0.717, 1.165) is 0 Å². The highest BCUT2D eigenvalue weighted by molar-refractivity contribution is 4.96. The smallest absolute Gasteiger partial charge is 0.296 e. The lowest BCUT2D eigenvalue weighted by atomic mass is 9.96. The van der Waals surface area contributed by atoms with E-state index in [-0.39, 0.29) is 5.41 Å². The number of nitrogens with zero attached hydrogens (tertiary/aromatic N) is 1. The van der Waals surface area contributed by atoms with Gasteiger partial charge in [0.05, 0.1) is 0 Å². The number of H-pyrrole nitrogens is 1. The van der Waals surface area contributed by atoms with Crippen LogP contribution in [0.4, 0.5) is 0 Å². The first-order valence-corrected chi connectivity index (χ1v) is 3.01. The van der Waals surface area contributed by atoms with Crippen LogP contribution >= 0.6 is 0 Å². The van der Waals surface area contributed by atoms with E-state index in [2.05, 4.69) is 9.68 Å². The molecule has 1 heterocycles. The molecule has 0 bridgehead atoms. The summed E-state index contributed by atoms with van der Waals surface area (Å²) in [6.07, 6.45) is 0. The van der Waals surface area contributed by atoms with Crippen molar-refractivity contribution in [2.45, 2.75) is 26.2 Å². The average molecular weight is 143 g/mol. The molecule has 0 unspecified atom stereocenters. The molecule has 1 aromatic rings. The number of nitrogens with one attached hydrogen (secondary N) is 1. The van der Waals surface area contributed by atoms with Gasteiger partial charge in [-0.05, 0) is 0 Å². The summed E-state index contributed by atoms with van der Waals surface area (Å²) in [6, 6.07) is 0. The minimum absolute atomic E-state index is 0.325. The van der Waals surface area contributed by atoms with Gasteiger partial charge in [0, 0.05) is 5.41 Å². The fourth-order valence-electron chi connectivity index (χ4n) is 0.514. The molecule has 0 aromatic carbocycles. The van der Waals surface area contributed by atoms with Crippen LogP contribution in [0.1, 0.15) is 26.6 Å². The second-order valence-corrected chi connectivity index (χ2v) is 3.13. The molecule has 1 N–H and O–H groups in total. The van der Waals surface area contributed by atoms with Gasteiger partial charge >= 0.3 is 5.76 Å². The number of aromatic amines is 1. The van der Waals surface area contributed by atoms with E-state index in [1.807, 2.05) is 20.8 Å². The molecular formula is C6H10N2O2. The van der Waals surface area contributed by atoms with Crippen molar-refractivity contribution in [3.05, 3.63) is 16.4 Å². The van der Waals surface area contributed by atoms with E-state index in [1.54, 1.807) is 0 Å². The fourth-order valence-corrected chi connectivity index (χ4v) is 0.514. The van der Waals surface area contributed by atoms with Crippen molar-refractivity contribution in [2.24, 2.45) is 0 Å². The summed E-state index contributed by atoms with van der Waals surface area (Å²) in [5.41, 5.74) is -0.325. The molecule has 4 nitrogen and oxygen atoms in total. The van der Waals surface area contributed by atoms with Gasteiger partial charge in [0.2, 0.25) is 0 Å². The summed E-state index contributed by atoms with van der Waals surface area (Å²) >= 11 is 0. The van der Waals surface area contributed by atoms with E-state index < -0.39 is 5.76 Å². The Kier molecular flexibility index (Phi) is 1.12. The van der Waals surface area contributed by atoms with Crippen LogP contribution in [0.2, 0.25) is 1.41 Å². The summed E-state index contributed by atoms with van der Waals surface area (Å²) in [5.74, 6) is -0.405. The average Bonchev–Trinajstić information content (AvgIpc) is 2.11. The molecule has 0 fully saturated rings. The molecule has 0 saturated heterocycles. The van der Waals surface area contributed by atoms with Crippen LogP contribution in [0, 0.1) is 0 Å². The third kappa shape index (κ3) is 1.26. The van der Waals surface area contributed by atoms with E-state index in [1.165, 1.54) is 0 Å². The van der Waals surface area contributed by atoms with Crippen molar-refractivity contribution in [1.29, 1.82) is 0 Å². The third-order valence-electron chi connectivity index (χ3n) is 1.08. The molecular weight excluding hydrogens is 132 g/mol. The van der Waals surface area contributed by atoms with Gasteiger partial charge in [0.1, 0.15) is 0 Å². The second kappa shape index (κ2) is 1.97. The van der Waals surface area contributed by atoms with E-state index in [4.69, 9.17) is 1.41 Å². The largest absolute Gasteiger partial charge is 0.438 e. The Balaban J connectivity index is 3.26. The van der Waals surface area contributed by atoms with Crippen LogP contribution in [0.3, 0.4) is 0 Å². The topological polar surface area (TPSA) is 58.9 Å². The lowest BCUT2D eigenvalue weighted by Crippen LogP contribution is -2.14. The standard InChI is InChI=1S/C6H10N2O2/c1-6(2,3)4-7-5(9)10-8-4/h1-3H3,(H,7,8,9)/i/hD. The second-order valence-electron chi connectivity index (χ2n) is 3.13.